The molecule has 0 aliphatic carbocycles. The number of aromatic nitrogens is 2. The van der Waals surface area contributed by atoms with Crippen molar-refractivity contribution in [3.05, 3.63) is 53.1 Å². The van der Waals surface area contributed by atoms with Gasteiger partial charge < -0.3 is 9.88 Å². The van der Waals surface area contributed by atoms with Crippen molar-refractivity contribution in [2.75, 3.05) is 11.1 Å². The van der Waals surface area contributed by atoms with Gasteiger partial charge in [-0.3, -0.25) is 4.79 Å². The number of carbonyl (C=O) groups excluding carboxylic acids is 1. The van der Waals surface area contributed by atoms with Gasteiger partial charge in [0, 0.05) is 11.6 Å². The highest BCUT2D eigenvalue weighted by atomic mass is 35.5. The van der Waals surface area contributed by atoms with Crippen LogP contribution < -0.4 is 5.32 Å². The number of nitrogens with zero attached hydrogens (tertiary/aromatic N) is 3. The van der Waals surface area contributed by atoms with Gasteiger partial charge in [-0.15, -0.1) is 0 Å². The molecule has 0 aliphatic heterocycles. The zero-order valence-electron chi connectivity index (χ0n) is 14.8. The van der Waals surface area contributed by atoms with Gasteiger partial charge in [-0.1, -0.05) is 35.5 Å². The van der Waals surface area contributed by atoms with Crippen LogP contribution in [0.15, 0.2) is 47.6 Å². The predicted molar refractivity (Wildman–Crippen MR) is 106 cm³/mol. The van der Waals surface area contributed by atoms with Crippen molar-refractivity contribution in [1.29, 1.82) is 5.26 Å². The first-order valence-electron chi connectivity index (χ1n) is 8.41. The Morgan fingerprint density at radius 1 is 1.28 bits per heavy atom. The van der Waals surface area contributed by atoms with Crippen LogP contribution in [0.2, 0.25) is 5.02 Å². The van der Waals surface area contributed by atoms with Crippen LogP contribution in [0.1, 0.15) is 12.0 Å². The Labute approximate surface area is 173 Å². The molecule has 0 saturated heterocycles. The number of nitriles is 1. The van der Waals surface area contributed by atoms with Crippen LogP contribution in [0.25, 0.3) is 11.0 Å². The molecule has 0 atom stereocenters. The lowest BCUT2D eigenvalue weighted by Crippen LogP contribution is -2.18. The number of benzene rings is 2. The second-order valence-electron chi connectivity index (χ2n) is 5.97. The second-order valence-corrected chi connectivity index (χ2v) is 7.35. The minimum Gasteiger partial charge on any atom is -0.325 e. The van der Waals surface area contributed by atoms with Gasteiger partial charge in [0.25, 0.3) is 0 Å². The molecule has 5 nitrogen and oxygen atoms in total. The molecule has 0 spiro atoms. The van der Waals surface area contributed by atoms with Crippen LogP contribution >= 0.6 is 23.4 Å². The van der Waals surface area contributed by atoms with E-state index in [2.05, 4.69) is 16.4 Å². The van der Waals surface area contributed by atoms with Gasteiger partial charge in [-0.25, -0.2) is 4.98 Å². The number of aryl methyl sites for hydroxylation is 1. The number of rotatable bonds is 6. The minimum atomic E-state index is -4.65. The molecule has 0 fully saturated rings. The Morgan fingerprint density at radius 3 is 2.76 bits per heavy atom. The van der Waals surface area contributed by atoms with Gasteiger partial charge in [0.2, 0.25) is 5.91 Å². The molecule has 1 N–H and O–H groups in total. The zero-order chi connectivity index (χ0) is 21.0. The molecule has 1 amide bonds. The Hall–Kier alpha value is -2.70. The number of fused-ring (bicyclic) bond motifs is 1. The topological polar surface area (TPSA) is 70.7 Å². The van der Waals surface area contributed by atoms with Gasteiger partial charge in [0.15, 0.2) is 5.16 Å². The molecule has 2 aromatic carbocycles. The molecule has 1 heterocycles. The Kier molecular flexibility index (Phi) is 6.35. The Morgan fingerprint density at radius 2 is 2.03 bits per heavy atom. The monoisotopic (exact) mass is 438 g/mol. The quantitative estimate of drug-likeness (QED) is 0.526. The van der Waals surface area contributed by atoms with Crippen LogP contribution in [-0.4, -0.2) is 21.2 Å². The highest BCUT2D eigenvalue weighted by molar-refractivity contribution is 7.99. The van der Waals surface area contributed by atoms with E-state index in [0.29, 0.717) is 17.2 Å². The van der Waals surface area contributed by atoms with Crippen molar-refractivity contribution in [2.24, 2.45) is 0 Å². The van der Waals surface area contributed by atoms with Gasteiger partial charge in [0.05, 0.1) is 40.5 Å². The average molecular weight is 439 g/mol. The van der Waals surface area contributed by atoms with E-state index in [1.54, 1.807) is 0 Å². The fraction of sp³-hybridized carbons (Fsp3) is 0.211. The highest BCUT2D eigenvalue weighted by Gasteiger charge is 2.34. The van der Waals surface area contributed by atoms with E-state index < -0.39 is 17.6 Å². The van der Waals surface area contributed by atoms with Gasteiger partial charge in [0.1, 0.15) is 0 Å². The summed E-state index contributed by atoms with van der Waals surface area (Å²) in [5.41, 5.74) is 0.170. The Bertz CT molecular complexity index is 1090. The summed E-state index contributed by atoms with van der Waals surface area (Å²) in [6.07, 6.45) is -4.38. The third-order valence-corrected chi connectivity index (χ3v) is 5.17. The number of nitrogens with one attached hydrogen (secondary N) is 1. The van der Waals surface area contributed by atoms with E-state index in [1.165, 1.54) is 6.07 Å². The van der Waals surface area contributed by atoms with Crippen molar-refractivity contribution in [3.8, 4) is 6.07 Å². The van der Waals surface area contributed by atoms with E-state index in [0.717, 1.165) is 29.4 Å². The fourth-order valence-corrected chi connectivity index (χ4v) is 3.73. The molecular formula is C19H14ClF3N4OS. The summed E-state index contributed by atoms with van der Waals surface area (Å²) >= 11 is 6.74. The van der Waals surface area contributed by atoms with Crippen molar-refractivity contribution >= 4 is 46.0 Å². The second kappa shape index (κ2) is 8.76. The van der Waals surface area contributed by atoms with Crippen molar-refractivity contribution in [1.82, 2.24) is 9.55 Å². The maximum atomic E-state index is 13.2. The third kappa shape index (κ3) is 5.02. The molecule has 10 heteroatoms. The van der Waals surface area contributed by atoms with E-state index in [-0.39, 0.29) is 22.9 Å². The molecule has 3 rings (SSSR count). The molecular weight excluding hydrogens is 425 g/mol. The Balaban J connectivity index is 1.76. The van der Waals surface area contributed by atoms with Gasteiger partial charge in [-0.05, 0) is 30.3 Å². The van der Waals surface area contributed by atoms with Crippen LogP contribution in [0.5, 0.6) is 0 Å². The number of alkyl halides is 3. The summed E-state index contributed by atoms with van der Waals surface area (Å²) in [4.78, 5) is 16.7. The maximum Gasteiger partial charge on any atom is 0.418 e. The number of amides is 1. The first kappa shape index (κ1) is 21.0. The van der Waals surface area contributed by atoms with Crippen LogP contribution in [0.4, 0.5) is 18.9 Å². The zero-order valence-corrected chi connectivity index (χ0v) is 16.4. The molecule has 1 aromatic heterocycles. The van der Waals surface area contributed by atoms with Gasteiger partial charge in [-0.2, -0.15) is 18.4 Å². The number of imidazole rings is 1. The largest absolute Gasteiger partial charge is 0.418 e. The average Bonchev–Trinajstić information content (AvgIpc) is 3.03. The number of thioether (sulfide) groups is 1. The van der Waals surface area contributed by atoms with E-state index in [1.807, 2.05) is 28.8 Å². The lowest BCUT2D eigenvalue weighted by Gasteiger charge is -2.14. The molecule has 0 saturated carbocycles. The first-order valence-corrected chi connectivity index (χ1v) is 9.77. The number of hydrogen-bond acceptors (Lipinski definition) is 4. The number of anilines is 1. The number of para-hydroxylation sites is 2. The first-order chi connectivity index (χ1) is 13.8. The van der Waals surface area contributed by atoms with Gasteiger partial charge >= 0.3 is 6.18 Å². The molecule has 150 valence electrons. The smallest absolute Gasteiger partial charge is 0.325 e. The van der Waals surface area contributed by atoms with E-state index >= 15 is 0 Å². The lowest BCUT2D eigenvalue weighted by atomic mass is 10.1. The lowest BCUT2D eigenvalue weighted by molar-refractivity contribution is -0.137. The molecule has 29 heavy (non-hydrogen) atoms. The number of carbonyl (C=O) groups is 1. The number of hydrogen-bond donors (Lipinski definition) is 1. The van der Waals surface area contributed by atoms with Crippen LogP contribution in [0, 0.1) is 11.3 Å². The molecule has 3 aromatic rings. The normalized spacial score (nSPS) is 11.4. The standard InChI is InChI=1S/C19H14ClF3N4OS/c20-12-6-7-14(13(10-12)19(21,22)23)25-17(28)11-29-18-26-15-4-1-2-5-16(15)27(18)9-3-8-24/h1-2,4-7,10H,3,9,11H2,(H,25,28). The molecule has 0 bridgehead atoms. The molecule has 0 radical (unpaired) electrons. The van der Waals surface area contributed by atoms with Crippen LogP contribution in [-0.2, 0) is 17.5 Å². The van der Waals surface area contributed by atoms with E-state index in [4.69, 9.17) is 16.9 Å². The third-order valence-electron chi connectivity index (χ3n) is 3.96. The highest BCUT2D eigenvalue weighted by Crippen LogP contribution is 2.36. The summed E-state index contributed by atoms with van der Waals surface area (Å²) in [5.74, 6) is -0.753. The fourth-order valence-electron chi connectivity index (χ4n) is 2.72. The summed E-state index contributed by atoms with van der Waals surface area (Å²) in [5, 5.41) is 11.6. The van der Waals surface area contributed by atoms with Crippen molar-refractivity contribution in [3.63, 3.8) is 0 Å². The van der Waals surface area contributed by atoms with Crippen LogP contribution in [0.3, 0.4) is 0 Å². The molecule has 0 unspecified atom stereocenters. The van der Waals surface area contributed by atoms with Crippen molar-refractivity contribution in [2.45, 2.75) is 24.3 Å². The maximum absolute atomic E-state index is 13.2. The van der Waals surface area contributed by atoms with Crippen molar-refractivity contribution < 1.29 is 18.0 Å². The molecule has 0 aliphatic rings. The minimum absolute atomic E-state index is 0.0732. The summed E-state index contributed by atoms with van der Waals surface area (Å²) in [6.45, 7) is 0.399. The number of halogens is 4. The summed E-state index contributed by atoms with van der Waals surface area (Å²) in [7, 11) is 0. The predicted octanol–water partition coefficient (Wildman–Crippen LogP) is 5.35. The van der Waals surface area contributed by atoms with E-state index in [9.17, 15) is 18.0 Å². The summed E-state index contributed by atoms with van der Waals surface area (Å²) in [6, 6.07) is 12.6. The SMILES string of the molecule is N#CCCn1c(SCC(=O)Nc2ccc(Cl)cc2C(F)(F)F)nc2ccccc21. The summed E-state index contributed by atoms with van der Waals surface area (Å²) < 4.78 is 41.3.